The third kappa shape index (κ3) is 5.59. The number of hydrogen-bond acceptors (Lipinski definition) is 4. The molecule has 2 N–H and O–H groups in total. The molecule has 19 heavy (non-hydrogen) atoms. The van der Waals surface area contributed by atoms with Gasteiger partial charge in [0, 0.05) is 17.6 Å². The molecule has 0 saturated carbocycles. The van der Waals surface area contributed by atoms with Crippen LogP contribution in [0.1, 0.15) is 16.8 Å². The Morgan fingerprint density at radius 1 is 1.42 bits per heavy atom. The fourth-order valence-corrected chi connectivity index (χ4v) is 1.87. The Kier molecular flexibility index (Phi) is 7.47. The number of amides is 1. The summed E-state index contributed by atoms with van der Waals surface area (Å²) in [7, 11) is 1.56. The van der Waals surface area contributed by atoms with E-state index < -0.39 is 0 Å². The quantitative estimate of drug-likeness (QED) is 0.710. The van der Waals surface area contributed by atoms with E-state index in [1.807, 2.05) is 0 Å². The summed E-state index contributed by atoms with van der Waals surface area (Å²) in [6, 6.07) is 5.24. The minimum atomic E-state index is -0.159. The van der Waals surface area contributed by atoms with Crippen molar-refractivity contribution in [2.24, 2.45) is 0 Å². The zero-order valence-corrected chi connectivity index (χ0v) is 12.4. The summed E-state index contributed by atoms with van der Waals surface area (Å²) in [4.78, 5) is 11.9. The first-order valence-electron chi connectivity index (χ1n) is 5.99. The molecule has 0 aliphatic carbocycles. The van der Waals surface area contributed by atoms with E-state index in [4.69, 9.17) is 14.6 Å². The van der Waals surface area contributed by atoms with Crippen LogP contribution in [0, 0.1) is 0 Å². The van der Waals surface area contributed by atoms with Gasteiger partial charge in [-0.25, -0.2) is 0 Å². The Bertz CT molecular complexity index is 412. The van der Waals surface area contributed by atoms with Crippen LogP contribution in [0.2, 0.25) is 0 Å². The van der Waals surface area contributed by atoms with Crippen LogP contribution in [0.4, 0.5) is 0 Å². The SMILES string of the molecule is COc1ccc(Br)c(C(=O)NCCCOCCO)c1. The third-order valence-electron chi connectivity index (χ3n) is 2.40. The summed E-state index contributed by atoms with van der Waals surface area (Å²) in [6.45, 7) is 1.38. The number of methoxy groups -OCH3 is 1. The summed E-state index contributed by atoms with van der Waals surface area (Å²) >= 11 is 3.33. The molecule has 0 unspecified atom stereocenters. The Labute approximate surface area is 121 Å². The minimum absolute atomic E-state index is 0.0170. The number of hydrogen-bond donors (Lipinski definition) is 2. The van der Waals surface area contributed by atoms with Gasteiger partial charge in [0.1, 0.15) is 5.75 Å². The Balaban J connectivity index is 2.40. The second-order valence-corrected chi connectivity index (χ2v) is 4.65. The van der Waals surface area contributed by atoms with E-state index >= 15 is 0 Å². The number of aliphatic hydroxyl groups excluding tert-OH is 1. The highest BCUT2D eigenvalue weighted by Gasteiger charge is 2.10. The second kappa shape index (κ2) is 8.90. The lowest BCUT2D eigenvalue weighted by atomic mass is 10.2. The number of rotatable bonds is 8. The van der Waals surface area contributed by atoms with Gasteiger partial charge in [0.25, 0.3) is 5.91 Å². The molecular weight excluding hydrogens is 314 g/mol. The maximum absolute atomic E-state index is 11.9. The van der Waals surface area contributed by atoms with Crippen molar-refractivity contribution in [2.75, 3.05) is 33.5 Å². The van der Waals surface area contributed by atoms with Crippen LogP contribution in [-0.4, -0.2) is 44.5 Å². The van der Waals surface area contributed by atoms with Crippen LogP contribution >= 0.6 is 15.9 Å². The normalized spacial score (nSPS) is 10.3. The molecule has 0 saturated heterocycles. The van der Waals surface area contributed by atoms with E-state index in [0.29, 0.717) is 37.5 Å². The molecule has 0 heterocycles. The van der Waals surface area contributed by atoms with Crippen LogP contribution in [-0.2, 0) is 4.74 Å². The molecule has 106 valence electrons. The third-order valence-corrected chi connectivity index (χ3v) is 3.10. The molecule has 1 aromatic carbocycles. The molecule has 0 bridgehead atoms. The molecule has 0 fully saturated rings. The summed E-state index contributed by atoms with van der Waals surface area (Å²) in [5, 5.41) is 11.3. The smallest absolute Gasteiger partial charge is 0.252 e. The summed E-state index contributed by atoms with van der Waals surface area (Å²) in [6.07, 6.45) is 0.702. The molecule has 1 amide bonds. The van der Waals surface area contributed by atoms with Crippen LogP contribution < -0.4 is 10.1 Å². The minimum Gasteiger partial charge on any atom is -0.497 e. The van der Waals surface area contributed by atoms with Crippen LogP contribution in [0.5, 0.6) is 5.75 Å². The molecule has 1 aromatic rings. The lowest BCUT2D eigenvalue weighted by molar-refractivity contribution is 0.0867. The van der Waals surface area contributed by atoms with Crippen LogP contribution in [0.15, 0.2) is 22.7 Å². The van der Waals surface area contributed by atoms with Crippen molar-refractivity contribution in [1.29, 1.82) is 0 Å². The molecule has 0 aliphatic rings. The molecule has 6 heteroatoms. The fourth-order valence-electron chi connectivity index (χ4n) is 1.44. The highest BCUT2D eigenvalue weighted by molar-refractivity contribution is 9.10. The first-order valence-corrected chi connectivity index (χ1v) is 6.78. The van der Waals surface area contributed by atoms with E-state index in [0.717, 1.165) is 4.47 Å². The molecule has 0 radical (unpaired) electrons. The zero-order valence-electron chi connectivity index (χ0n) is 10.8. The maximum atomic E-state index is 11.9. The van der Waals surface area contributed by atoms with Gasteiger partial charge in [-0.2, -0.15) is 0 Å². The van der Waals surface area contributed by atoms with Crippen molar-refractivity contribution in [3.63, 3.8) is 0 Å². The summed E-state index contributed by atoms with van der Waals surface area (Å²) < 4.78 is 10.9. The molecular formula is C13H18BrNO4. The molecule has 0 aliphatic heterocycles. The molecule has 0 aromatic heterocycles. The number of ether oxygens (including phenoxy) is 2. The second-order valence-electron chi connectivity index (χ2n) is 3.79. The number of halogens is 1. The predicted molar refractivity (Wildman–Crippen MR) is 75.5 cm³/mol. The first-order chi connectivity index (χ1) is 9.19. The van der Waals surface area contributed by atoms with Gasteiger partial charge in [-0.1, -0.05) is 0 Å². The van der Waals surface area contributed by atoms with Crippen molar-refractivity contribution < 1.29 is 19.4 Å². The average Bonchev–Trinajstić information content (AvgIpc) is 2.43. The highest BCUT2D eigenvalue weighted by atomic mass is 79.9. The Morgan fingerprint density at radius 2 is 2.21 bits per heavy atom. The monoisotopic (exact) mass is 331 g/mol. The standard InChI is InChI=1S/C13H18BrNO4/c1-18-10-3-4-12(14)11(9-10)13(17)15-5-2-7-19-8-6-16/h3-4,9,16H,2,5-8H2,1H3,(H,15,17). The summed E-state index contributed by atoms with van der Waals surface area (Å²) in [5.41, 5.74) is 0.538. The number of carbonyl (C=O) groups excluding carboxylic acids is 1. The average molecular weight is 332 g/mol. The van der Waals surface area contributed by atoms with Crippen LogP contribution in [0.25, 0.3) is 0 Å². The van der Waals surface area contributed by atoms with Gasteiger partial charge in [0.05, 0.1) is 25.9 Å². The Morgan fingerprint density at radius 3 is 2.89 bits per heavy atom. The van der Waals surface area contributed by atoms with E-state index in [-0.39, 0.29) is 12.5 Å². The predicted octanol–water partition coefficient (Wildman–Crippen LogP) is 1.59. The lowest BCUT2D eigenvalue weighted by Gasteiger charge is -2.08. The van der Waals surface area contributed by atoms with Crippen LogP contribution in [0.3, 0.4) is 0 Å². The number of nitrogens with one attached hydrogen (secondary N) is 1. The van der Waals surface area contributed by atoms with Gasteiger partial charge in [0.15, 0.2) is 0 Å². The first kappa shape index (κ1) is 15.9. The topological polar surface area (TPSA) is 67.8 Å². The molecule has 0 spiro atoms. The number of carbonyl (C=O) groups is 1. The van der Waals surface area contributed by atoms with Crippen molar-refractivity contribution >= 4 is 21.8 Å². The fraction of sp³-hybridized carbons (Fsp3) is 0.462. The van der Waals surface area contributed by atoms with Crippen molar-refractivity contribution in [2.45, 2.75) is 6.42 Å². The van der Waals surface area contributed by atoms with Gasteiger partial charge in [-0.3, -0.25) is 4.79 Å². The van der Waals surface area contributed by atoms with Gasteiger partial charge in [-0.15, -0.1) is 0 Å². The number of benzene rings is 1. The summed E-state index contributed by atoms with van der Waals surface area (Å²) in [5.74, 6) is 0.479. The van der Waals surface area contributed by atoms with Crippen molar-refractivity contribution in [3.05, 3.63) is 28.2 Å². The number of aliphatic hydroxyl groups is 1. The maximum Gasteiger partial charge on any atom is 0.252 e. The van der Waals surface area contributed by atoms with Crippen molar-refractivity contribution in [1.82, 2.24) is 5.32 Å². The molecule has 1 rings (SSSR count). The Hall–Kier alpha value is -1.11. The highest BCUT2D eigenvalue weighted by Crippen LogP contribution is 2.22. The van der Waals surface area contributed by atoms with Gasteiger partial charge < -0.3 is 19.9 Å². The van der Waals surface area contributed by atoms with E-state index in [2.05, 4.69) is 21.2 Å². The van der Waals surface area contributed by atoms with E-state index in [1.54, 1.807) is 25.3 Å². The van der Waals surface area contributed by atoms with E-state index in [9.17, 15) is 4.79 Å². The van der Waals surface area contributed by atoms with Gasteiger partial charge >= 0.3 is 0 Å². The molecule has 0 atom stereocenters. The zero-order chi connectivity index (χ0) is 14.1. The van der Waals surface area contributed by atoms with E-state index in [1.165, 1.54) is 0 Å². The largest absolute Gasteiger partial charge is 0.497 e. The van der Waals surface area contributed by atoms with Gasteiger partial charge in [-0.05, 0) is 40.5 Å². The lowest BCUT2D eigenvalue weighted by Crippen LogP contribution is -2.25. The van der Waals surface area contributed by atoms with Gasteiger partial charge in [0.2, 0.25) is 0 Å². The van der Waals surface area contributed by atoms with Crippen molar-refractivity contribution in [3.8, 4) is 5.75 Å². The molecule has 5 nitrogen and oxygen atoms in total.